The van der Waals surface area contributed by atoms with Crippen LogP contribution in [-0.4, -0.2) is 60.8 Å². The Kier molecular flexibility index (Phi) is 4.66. The molecule has 0 amide bonds. The fraction of sp³-hybridized carbons (Fsp3) is 0.929. The minimum absolute atomic E-state index is 0.410. The summed E-state index contributed by atoms with van der Waals surface area (Å²) in [6, 6.07) is 0. The molecule has 0 atom stereocenters. The molecule has 1 aliphatic carbocycles. The van der Waals surface area contributed by atoms with Gasteiger partial charge in [-0.3, -0.25) is 9.89 Å². The van der Waals surface area contributed by atoms with Crippen molar-refractivity contribution in [2.75, 3.05) is 45.1 Å². The van der Waals surface area contributed by atoms with Gasteiger partial charge in [-0.1, -0.05) is 24.6 Å². The first kappa shape index (κ1) is 13.7. The first-order chi connectivity index (χ1) is 9.36. The van der Waals surface area contributed by atoms with Crippen molar-refractivity contribution in [1.29, 1.82) is 0 Å². The van der Waals surface area contributed by atoms with E-state index in [0.29, 0.717) is 5.54 Å². The number of ether oxygens (including phenoxy) is 1. The van der Waals surface area contributed by atoms with Gasteiger partial charge in [0.25, 0.3) is 0 Å². The summed E-state index contributed by atoms with van der Waals surface area (Å²) in [5.74, 6) is 1.23. The predicted molar refractivity (Wildman–Crippen MR) is 81.0 cm³/mol. The maximum Gasteiger partial charge on any atom is 0.157 e. The fourth-order valence-corrected chi connectivity index (χ4v) is 4.46. The Morgan fingerprint density at radius 1 is 1.26 bits per heavy atom. The SMILES string of the molecule is C(CN=C1NC2(CCCC2)CS1)CN1CCOCC1. The summed E-state index contributed by atoms with van der Waals surface area (Å²) in [4.78, 5) is 7.22. The molecule has 0 unspecified atom stereocenters. The van der Waals surface area contributed by atoms with Gasteiger partial charge in [-0.25, -0.2) is 0 Å². The van der Waals surface area contributed by atoms with Crippen molar-refractivity contribution in [1.82, 2.24) is 10.2 Å². The van der Waals surface area contributed by atoms with Crippen LogP contribution in [0.15, 0.2) is 4.99 Å². The number of morpholine rings is 1. The number of nitrogens with one attached hydrogen (secondary N) is 1. The van der Waals surface area contributed by atoms with Gasteiger partial charge in [-0.15, -0.1) is 0 Å². The lowest BCUT2D eigenvalue weighted by molar-refractivity contribution is 0.0377. The lowest BCUT2D eigenvalue weighted by Crippen LogP contribution is -2.40. The second kappa shape index (κ2) is 6.46. The molecule has 4 nitrogen and oxygen atoms in total. The third-order valence-electron chi connectivity index (χ3n) is 4.41. The monoisotopic (exact) mass is 283 g/mol. The number of amidine groups is 1. The average molecular weight is 283 g/mol. The molecule has 5 heteroatoms. The summed E-state index contributed by atoms with van der Waals surface area (Å²) in [5, 5.41) is 4.88. The molecule has 0 aromatic rings. The smallest absolute Gasteiger partial charge is 0.157 e. The van der Waals surface area contributed by atoms with Crippen molar-refractivity contribution < 1.29 is 4.74 Å². The van der Waals surface area contributed by atoms with Gasteiger partial charge >= 0.3 is 0 Å². The first-order valence-corrected chi connectivity index (χ1v) is 8.60. The molecule has 19 heavy (non-hydrogen) atoms. The standard InChI is InChI=1S/C14H25N3OS/c1-2-5-14(4-1)12-19-13(16-14)15-6-3-7-17-8-10-18-11-9-17/h1-12H2,(H,15,16). The quantitative estimate of drug-likeness (QED) is 0.797. The molecule has 3 aliphatic rings. The third-order valence-corrected chi connectivity index (χ3v) is 5.61. The lowest BCUT2D eigenvalue weighted by Gasteiger charge is -2.26. The maximum absolute atomic E-state index is 5.36. The molecule has 0 aromatic carbocycles. The Labute approximate surface area is 120 Å². The van der Waals surface area contributed by atoms with Crippen LogP contribution in [0.25, 0.3) is 0 Å². The summed E-state index contributed by atoms with van der Waals surface area (Å²) in [5.41, 5.74) is 0.410. The van der Waals surface area contributed by atoms with E-state index in [1.807, 2.05) is 11.8 Å². The molecule has 1 spiro atoms. The molecule has 0 radical (unpaired) electrons. The van der Waals surface area contributed by atoms with Gasteiger partial charge in [0.1, 0.15) is 0 Å². The minimum atomic E-state index is 0.410. The van der Waals surface area contributed by atoms with Crippen molar-refractivity contribution in [3.8, 4) is 0 Å². The van der Waals surface area contributed by atoms with Gasteiger partial charge in [-0.2, -0.15) is 0 Å². The van der Waals surface area contributed by atoms with Crippen LogP contribution in [-0.2, 0) is 4.74 Å². The number of rotatable bonds is 4. The van der Waals surface area contributed by atoms with E-state index in [0.717, 1.165) is 39.4 Å². The van der Waals surface area contributed by atoms with Crippen molar-refractivity contribution in [3.63, 3.8) is 0 Å². The zero-order valence-electron chi connectivity index (χ0n) is 11.7. The highest BCUT2D eigenvalue weighted by atomic mass is 32.2. The van der Waals surface area contributed by atoms with E-state index in [-0.39, 0.29) is 0 Å². The Morgan fingerprint density at radius 3 is 2.84 bits per heavy atom. The summed E-state index contributed by atoms with van der Waals surface area (Å²) in [6.07, 6.45) is 6.62. The zero-order chi connectivity index (χ0) is 13.0. The van der Waals surface area contributed by atoms with E-state index in [1.165, 1.54) is 43.0 Å². The van der Waals surface area contributed by atoms with E-state index >= 15 is 0 Å². The second-order valence-corrected chi connectivity index (χ2v) is 6.86. The molecular formula is C14H25N3OS. The lowest BCUT2D eigenvalue weighted by atomic mass is 10.0. The first-order valence-electron chi connectivity index (χ1n) is 7.62. The number of aliphatic imine (C=N–C) groups is 1. The number of thioether (sulfide) groups is 1. The van der Waals surface area contributed by atoms with Crippen LogP contribution in [0.1, 0.15) is 32.1 Å². The number of hydrogen-bond acceptors (Lipinski definition) is 4. The van der Waals surface area contributed by atoms with Crippen LogP contribution in [0.5, 0.6) is 0 Å². The molecule has 0 aromatic heterocycles. The highest BCUT2D eigenvalue weighted by molar-refractivity contribution is 8.14. The summed E-state index contributed by atoms with van der Waals surface area (Å²) in [6.45, 7) is 6.10. The highest BCUT2D eigenvalue weighted by Crippen LogP contribution is 2.37. The molecule has 3 rings (SSSR count). The molecule has 1 N–H and O–H groups in total. The molecule has 108 valence electrons. The Bertz CT molecular complexity index is 323. The molecule has 2 heterocycles. The molecule has 0 bridgehead atoms. The van der Waals surface area contributed by atoms with Crippen LogP contribution >= 0.6 is 11.8 Å². The topological polar surface area (TPSA) is 36.9 Å². The summed E-state index contributed by atoms with van der Waals surface area (Å²) in [7, 11) is 0. The molecular weight excluding hydrogens is 258 g/mol. The van der Waals surface area contributed by atoms with Gasteiger partial charge in [0.05, 0.1) is 13.2 Å². The van der Waals surface area contributed by atoms with Crippen LogP contribution in [0.3, 0.4) is 0 Å². The predicted octanol–water partition coefficient (Wildman–Crippen LogP) is 1.71. The van der Waals surface area contributed by atoms with Crippen molar-refractivity contribution in [2.45, 2.75) is 37.6 Å². The van der Waals surface area contributed by atoms with Crippen LogP contribution in [0.2, 0.25) is 0 Å². The number of hydrogen-bond donors (Lipinski definition) is 1. The molecule has 1 saturated carbocycles. The summed E-state index contributed by atoms with van der Waals surface area (Å²) < 4.78 is 5.36. The van der Waals surface area contributed by atoms with Gasteiger partial charge in [-0.05, 0) is 19.3 Å². The highest BCUT2D eigenvalue weighted by Gasteiger charge is 2.39. The third kappa shape index (κ3) is 3.64. The van der Waals surface area contributed by atoms with E-state index in [9.17, 15) is 0 Å². The second-order valence-electron chi connectivity index (χ2n) is 5.90. The van der Waals surface area contributed by atoms with E-state index in [2.05, 4.69) is 10.2 Å². The van der Waals surface area contributed by atoms with Crippen LogP contribution in [0.4, 0.5) is 0 Å². The van der Waals surface area contributed by atoms with Gasteiger partial charge in [0.15, 0.2) is 5.17 Å². The van der Waals surface area contributed by atoms with Crippen LogP contribution < -0.4 is 5.32 Å². The Balaban J connectivity index is 1.36. The van der Waals surface area contributed by atoms with Crippen molar-refractivity contribution >= 4 is 16.9 Å². The molecule has 3 fully saturated rings. The Morgan fingerprint density at radius 2 is 2.05 bits per heavy atom. The van der Waals surface area contributed by atoms with E-state index < -0.39 is 0 Å². The van der Waals surface area contributed by atoms with E-state index in [1.54, 1.807) is 0 Å². The minimum Gasteiger partial charge on any atom is -0.379 e. The average Bonchev–Trinajstić information content (AvgIpc) is 3.07. The van der Waals surface area contributed by atoms with Crippen molar-refractivity contribution in [3.05, 3.63) is 0 Å². The Hall–Kier alpha value is -0.260. The van der Waals surface area contributed by atoms with Gasteiger partial charge < -0.3 is 10.1 Å². The largest absolute Gasteiger partial charge is 0.379 e. The van der Waals surface area contributed by atoms with E-state index in [4.69, 9.17) is 9.73 Å². The molecule has 2 aliphatic heterocycles. The van der Waals surface area contributed by atoms with Crippen LogP contribution in [0, 0.1) is 0 Å². The number of nitrogens with zero attached hydrogens (tertiary/aromatic N) is 2. The fourth-order valence-electron chi connectivity index (χ4n) is 3.21. The van der Waals surface area contributed by atoms with Gasteiger partial charge in [0, 0.05) is 37.5 Å². The molecule has 2 saturated heterocycles. The maximum atomic E-state index is 5.36. The zero-order valence-corrected chi connectivity index (χ0v) is 12.5. The summed E-state index contributed by atoms with van der Waals surface area (Å²) >= 11 is 1.93. The van der Waals surface area contributed by atoms with Crippen molar-refractivity contribution in [2.24, 2.45) is 4.99 Å². The normalized spacial score (nSPS) is 29.2. The van der Waals surface area contributed by atoms with Gasteiger partial charge in [0.2, 0.25) is 0 Å².